The van der Waals surface area contributed by atoms with Gasteiger partial charge in [0.25, 0.3) is 0 Å². The molecule has 3 rings (SSSR count). The van der Waals surface area contributed by atoms with Crippen LogP contribution < -0.4 is 15.1 Å². The summed E-state index contributed by atoms with van der Waals surface area (Å²) in [5, 5.41) is 30.9. The van der Waals surface area contributed by atoms with Crippen molar-refractivity contribution >= 4 is 28.8 Å². The van der Waals surface area contributed by atoms with Crippen molar-refractivity contribution in [1.29, 1.82) is 0 Å². The number of carbonyl (C=O) groups is 1. The zero-order valence-corrected chi connectivity index (χ0v) is 16.0. The van der Waals surface area contributed by atoms with Gasteiger partial charge in [0.2, 0.25) is 0 Å². The molecule has 0 aliphatic carbocycles. The number of alkyl halides is 3. The molecule has 3 aromatic rings. The van der Waals surface area contributed by atoms with Gasteiger partial charge < -0.3 is 9.84 Å². The van der Waals surface area contributed by atoms with Gasteiger partial charge in [-0.1, -0.05) is 18.2 Å². The van der Waals surface area contributed by atoms with E-state index in [-0.39, 0.29) is 27.6 Å². The third-order valence-corrected chi connectivity index (χ3v) is 4.86. The molecule has 0 atom stereocenters. The molecule has 0 aliphatic heterocycles. The highest BCUT2D eigenvalue weighted by atomic mass is 32.1. The van der Waals surface area contributed by atoms with Gasteiger partial charge in [-0.2, -0.15) is 23.6 Å². The van der Waals surface area contributed by atoms with Crippen molar-refractivity contribution < 1.29 is 38.2 Å². The predicted octanol–water partition coefficient (Wildman–Crippen LogP) is 4.65. The Balaban J connectivity index is 1.93. The summed E-state index contributed by atoms with van der Waals surface area (Å²) in [6.45, 7) is 0. The second kappa shape index (κ2) is 7.91. The molecule has 4 N–H and O–H groups in total. The molecule has 30 heavy (non-hydrogen) atoms. The van der Waals surface area contributed by atoms with Crippen LogP contribution in [0.15, 0.2) is 47.8 Å². The maximum absolute atomic E-state index is 13.2. The van der Waals surface area contributed by atoms with Crippen LogP contribution in [0, 0.1) is 0 Å². The van der Waals surface area contributed by atoms with Gasteiger partial charge in [0.1, 0.15) is 21.4 Å². The first-order valence-corrected chi connectivity index (χ1v) is 9.08. The van der Waals surface area contributed by atoms with Gasteiger partial charge in [-0.25, -0.2) is 4.79 Å². The smallest absolute Gasteiger partial charge is 0.417 e. The molecule has 2 aromatic carbocycles. The standard InChI is InChI=1S/C18H14F3N3O5S/c1-29-14-8-10(17(25)26)6-7-13(14)23-24(27,28)15-9-30-16(22-15)11-4-2-3-5-12(11)18(19,20)21/h2-9,23,27-28H,1H3/p+1. The van der Waals surface area contributed by atoms with Crippen LogP contribution in [0.2, 0.25) is 0 Å². The summed E-state index contributed by atoms with van der Waals surface area (Å²) in [5.41, 5.74) is 1.09. The monoisotopic (exact) mass is 442 g/mol. The van der Waals surface area contributed by atoms with Gasteiger partial charge in [-0.15, -0.1) is 21.8 Å². The predicted molar refractivity (Wildman–Crippen MR) is 101 cm³/mol. The van der Waals surface area contributed by atoms with Gasteiger partial charge in [-0.05, 0) is 24.3 Å². The van der Waals surface area contributed by atoms with Crippen molar-refractivity contribution in [2.75, 3.05) is 12.5 Å². The molecule has 0 aliphatic rings. The van der Waals surface area contributed by atoms with Crippen molar-refractivity contribution in [2.24, 2.45) is 0 Å². The number of nitrogens with one attached hydrogen (secondary N) is 1. The van der Waals surface area contributed by atoms with E-state index in [1.165, 1.54) is 42.8 Å². The number of hydrogen-bond acceptors (Lipinski definition) is 7. The van der Waals surface area contributed by atoms with Crippen molar-refractivity contribution in [2.45, 2.75) is 6.18 Å². The Labute approximate surface area is 171 Å². The van der Waals surface area contributed by atoms with E-state index < -0.39 is 28.4 Å². The number of rotatable bonds is 6. The SMILES string of the molecule is COc1cc(C(=O)O)ccc1N[N+](O)(O)c1csc(-c2ccccc2C(F)(F)F)n1. The second-order valence-corrected chi connectivity index (χ2v) is 6.85. The molecule has 0 spiro atoms. The highest BCUT2D eigenvalue weighted by Crippen LogP contribution is 2.39. The Kier molecular flexibility index (Phi) is 5.67. The van der Waals surface area contributed by atoms with E-state index in [0.29, 0.717) is 0 Å². The van der Waals surface area contributed by atoms with E-state index in [9.17, 15) is 28.4 Å². The zero-order chi connectivity index (χ0) is 22.1. The Morgan fingerprint density at radius 2 is 1.90 bits per heavy atom. The minimum Gasteiger partial charge on any atom is -0.494 e. The topological polar surface area (TPSA) is 112 Å². The number of halogens is 3. The lowest BCUT2D eigenvalue weighted by atomic mass is 10.1. The molecular formula is C18H15F3N3O5S+. The van der Waals surface area contributed by atoms with Crippen LogP contribution in [-0.4, -0.2) is 33.6 Å². The normalized spacial score (nSPS) is 11.9. The highest BCUT2D eigenvalue weighted by Gasteiger charge is 2.36. The van der Waals surface area contributed by atoms with Gasteiger partial charge in [0.15, 0.2) is 0 Å². The third-order valence-electron chi connectivity index (χ3n) is 4.00. The van der Waals surface area contributed by atoms with Crippen LogP contribution >= 0.6 is 11.3 Å². The van der Waals surface area contributed by atoms with Gasteiger partial charge >= 0.3 is 18.0 Å². The average Bonchev–Trinajstić information content (AvgIpc) is 3.18. The second-order valence-electron chi connectivity index (χ2n) is 5.99. The molecule has 0 amide bonds. The largest absolute Gasteiger partial charge is 0.494 e. The summed E-state index contributed by atoms with van der Waals surface area (Å²) in [7, 11) is 1.25. The van der Waals surface area contributed by atoms with Crippen LogP contribution in [-0.2, 0) is 6.18 Å². The minimum atomic E-state index is -4.61. The molecule has 0 radical (unpaired) electrons. The number of methoxy groups -OCH3 is 1. The van der Waals surface area contributed by atoms with E-state index in [1.54, 1.807) is 0 Å². The van der Waals surface area contributed by atoms with Crippen LogP contribution in [0.25, 0.3) is 10.6 Å². The lowest BCUT2D eigenvalue weighted by Crippen LogP contribution is -2.48. The number of anilines is 1. The van der Waals surface area contributed by atoms with Crippen molar-refractivity contribution in [1.82, 2.24) is 9.90 Å². The maximum Gasteiger partial charge on any atom is 0.417 e. The number of nitrogens with zero attached hydrogens (tertiary/aromatic N) is 2. The minimum absolute atomic E-state index is 0.00151. The molecule has 8 nitrogen and oxygen atoms in total. The van der Waals surface area contributed by atoms with Gasteiger partial charge in [-0.3, -0.25) is 0 Å². The van der Waals surface area contributed by atoms with Crippen molar-refractivity contribution in [3.63, 3.8) is 0 Å². The third kappa shape index (κ3) is 4.36. The molecule has 12 heteroatoms. The Hall–Kier alpha value is -3.19. The number of aromatic carboxylic acids is 1. The summed E-state index contributed by atoms with van der Waals surface area (Å²) >= 11 is 0.791. The molecule has 1 aromatic heterocycles. The molecule has 0 saturated carbocycles. The molecule has 0 unspecified atom stereocenters. The van der Waals surface area contributed by atoms with Gasteiger partial charge in [0.05, 0.1) is 23.6 Å². The molecule has 0 bridgehead atoms. The summed E-state index contributed by atoms with van der Waals surface area (Å²) in [4.78, 5) is 13.0. The molecule has 0 fully saturated rings. The molecule has 0 saturated heterocycles. The number of benzene rings is 2. The number of hydrogen-bond donors (Lipinski definition) is 4. The highest BCUT2D eigenvalue weighted by molar-refractivity contribution is 7.13. The average molecular weight is 442 g/mol. The summed E-state index contributed by atoms with van der Waals surface area (Å²) in [6, 6.07) is 8.41. The lowest BCUT2D eigenvalue weighted by Gasteiger charge is -2.20. The summed E-state index contributed by atoms with van der Waals surface area (Å²) in [5.74, 6) is -1.62. The Morgan fingerprint density at radius 1 is 1.20 bits per heavy atom. The van der Waals surface area contributed by atoms with Crippen LogP contribution in [0.1, 0.15) is 15.9 Å². The summed E-state index contributed by atoms with van der Waals surface area (Å²) < 4.78 is 44.8. The number of carboxylic acids is 1. The van der Waals surface area contributed by atoms with Crippen molar-refractivity contribution in [3.05, 3.63) is 59.0 Å². The van der Waals surface area contributed by atoms with Gasteiger partial charge in [0, 0.05) is 5.56 Å². The number of carboxylic acid groups (broad SMARTS) is 1. The number of quaternary nitrogens is 1. The fraction of sp³-hybridized carbons (Fsp3) is 0.111. The Bertz CT molecular complexity index is 1080. The van der Waals surface area contributed by atoms with Crippen LogP contribution in [0.3, 0.4) is 0 Å². The number of aromatic nitrogens is 1. The quantitative estimate of drug-likeness (QED) is 0.325. The number of thiazole rings is 1. The lowest BCUT2D eigenvalue weighted by molar-refractivity contribution is -0.274. The van der Waals surface area contributed by atoms with E-state index in [2.05, 4.69) is 10.4 Å². The van der Waals surface area contributed by atoms with Crippen LogP contribution in [0.5, 0.6) is 5.75 Å². The maximum atomic E-state index is 13.2. The van der Waals surface area contributed by atoms with E-state index in [1.807, 2.05) is 0 Å². The number of ether oxygens (including phenoxy) is 1. The first-order chi connectivity index (χ1) is 14.0. The molecule has 158 valence electrons. The fourth-order valence-electron chi connectivity index (χ4n) is 2.59. The van der Waals surface area contributed by atoms with E-state index in [0.717, 1.165) is 23.5 Å². The Morgan fingerprint density at radius 3 is 2.53 bits per heavy atom. The first-order valence-electron chi connectivity index (χ1n) is 8.20. The summed E-state index contributed by atoms with van der Waals surface area (Å²) in [6.07, 6.45) is -4.61. The fourth-order valence-corrected chi connectivity index (χ4v) is 3.46. The van der Waals surface area contributed by atoms with Crippen LogP contribution in [0.4, 0.5) is 24.7 Å². The van der Waals surface area contributed by atoms with E-state index in [4.69, 9.17) is 9.84 Å². The van der Waals surface area contributed by atoms with E-state index >= 15 is 0 Å². The van der Waals surface area contributed by atoms with Crippen molar-refractivity contribution in [3.8, 4) is 16.3 Å². The first kappa shape index (κ1) is 21.5. The molecular weight excluding hydrogens is 427 g/mol. The zero-order valence-electron chi connectivity index (χ0n) is 15.2. The molecule has 1 heterocycles.